The molecule has 0 aliphatic carbocycles. The van der Waals surface area contributed by atoms with Crippen LogP contribution in [0.25, 0.3) is 10.9 Å². The lowest BCUT2D eigenvalue weighted by molar-refractivity contribution is -0.144. The maximum absolute atomic E-state index is 14.7. The molecule has 6 rings (SSSR count). The van der Waals surface area contributed by atoms with Crippen LogP contribution in [-0.2, 0) is 52.7 Å². The monoisotopic (exact) mass is 995 g/mol. The minimum Gasteiger partial charge on any atom is -0.394 e. The number of nitrogens with zero attached hydrogens (tertiary/aromatic N) is 2. The van der Waals surface area contributed by atoms with E-state index >= 15 is 0 Å². The largest absolute Gasteiger partial charge is 0.394 e. The smallest absolute Gasteiger partial charge is 0.253 e. The lowest BCUT2D eigenvalue weighted by Gasteiger charge is -2.32. The molecule has 12 N–H and O–H groups in total. The molecule has 2 aromatic rings. The Balaban J connectivity index is 1.47. The molecule has 4 aliphatic heterocycles. The second-order valence-corrected chi connectivity index (χ2v) is 18.5. The van der Waals surface area contributed by atoms with Crippen molar-refractivity contribution >= 4 is 87.6 Å². The molecule has 11 amide bonds. The van der Waals surface area contributed by atoms with Crippen LogP contribution in [0.4, 0.5) is 0 Å². The molecule has 10 atom stereocenters. The molecular weight excluding hydrogens is 939 g/mol. The third-order valence-electron chi connectivity index (χ3n) is 12.6. The molecule has 2 bridgehead atoms. The van der Waals surface area contributed by atoms with Gasteiger partial charge < -0.3 is 67.7 Å². The number of aromatic amines is 1. The Morgan fingerprint density at radius 2 is 1.50 bits per heavy atom. The van der Waals surface area contributed by atoms with Gasteiger partial charge in [0.15, 0.2) is 0 Å². The molecule has 4 aliphatic rings. The number of benzene rings is 1. The van der Waals surface area contributed by atoms with Crippen molar-refractivity contribution in [2.45, 2.75) is 93.5 Å². The predicted octanol–water partition coefficient (Wildman–Crippen LogP) is -4.96. The maximum Gasteiger partial charge on any atom is 0.253 e. The van der Waals surface area contributed by atoms with Gasteiger partial charge in [-0.25, -0.2) is 0 Å². The molecule has 1 fully saturated rings. The quantitative estimate of drug-likeness (QED) is 0.0993. The summed E-state index contributed by atoms with van der Waals surface area (Å²) >= 11 is 0.884. The van der Waals surface area contributed by atoms with Crippen molar-refractivity contribution in [3.05, 3.63) is 42.0 Å². The van der Waals surface area contributed by atoms with E-state index in [0.717, 1.165) is 33.7 Å². The number of thioether (sulfide) groups is 1. The molecule has 1 aromatic heterocycles. The zero-order valence-electron chi connectivity index (χ0n) is 38.4. The van der Waals surface area contributed by atoms with Gasteiger partial charge in [0.05, 0.1) is 43.4 Å². The lowest BCUT2D eigenvalue weighted by atomic mass is 9.93. The van der Waals surface area contributed by atoms with E-state index in [-0.39, 0.29) is 29.4 Å². The minimum atomic E-state index is -1.82. The first-order chi connectivity index (χ1) is 33.3. The molecule has 7 unspecified atom stereocenters. The van der Waals surface area contributed by atoms with Gasteiger partial charge in [0.2, 0.25) is 53.2 Å². The molecule has 5 heterocycles. The van der Waals surface area contributed by atoms with Crippen LogP contribution in [0.2, 0.25) is 0 Å². The predicted molar refractivity (Wildman–Crippen MR) is 245 cm³/mol. The molecule has 1 aromatic carbocycles. The highest BCUT2D eigenvalue weighted by molar-refractivity contribution is 7.99. The third-order valence-corrected chi connectivity index (χ3v) is 13.7. The number of carbonyl (C=O) groups excluding carboxylic acids is 11. The summed E-state index contributed by atoms with van der Waals surface area (Å²) in [6, 6.07) is -3.11. The summed E-state index contributed by atoms with van der Waals surface area (Å²) < 4.78 is 0. The Morgan fingerprint density at radius 1 is 0.829 bits per heavy atom. The number of aromatic nitrogens is 1. The number of imide groups is 1. The lowest BCUT2D eigenvalue weighted by Crippen LogP contribution is -2.61. The van der Waals surface area contributed by atoms with E-state index in [1.54, 1.807) is 38.1 Å². The van der Waals surface area contributed by atoms with Gasteiger partial charge in [0.25, 0.3) is 11.8 Å². The first-order valence-electron chi connectivity index (χ1n) is 22.7. The topological polar surface area (TPSA) is 367 Å². The van der Waals surface area contributed by atoms with E-state index in [1.165, 1.54) is 6.92 Å². The number of nitrogens with one attached hydrogen (secondary N) is 9. The third kappa shape index (κ3) is 12.3. The molecule has 1 saturated heterocycles. The Bertz CT molecular complexity index is 2430. The molecule has 26 heteroatoms. The van der Waals surface area contributed by atoms with Crippen LogP contribution >= 0.6 is 11.8 Å². The summed E-state index contributed by atoms with van der Waals surface area (Å²) in [5.74, 6) is -11.9. The summed E-state index contributed by atoms with van der Waals surface area (Å²) in [4.78, 5) is 156. The van der Waals surface area contributed by atoms with Crippen LogP contribution in [0.1, 0.15) is 51.6 Å². The van der Waals surface area contributed by atoms with Gasteiger partial charge in [-0.05, 0) is 12.0 Å². The molecule has 378 valence electrons. The van der Waals surface area contributed by atoms with Gasteiger partial charge in [-0.3, -0.25) is 57.6 Å². The van der Waals surface area contributed by atoms with Gasteiger partial charge in [-0.1, -0.05) is 45.4 Å². The summed E-state index contributed by atoms with van der Waals surface area (Å²) in [6.07, 6.45) is -1.72. The summed E-state index contributed by atoms with van der Waals surface area (Å²) in [5.41, 5.74) is 0.529. The van der Waals surface area contributed by atoms with Crippen LogP contribution in [0.15, 0.2) is 41.4 Å². The molecule has 0 spiro atoms. The number of hydrogen-bond donors (Lipinski definition) is 12. The fraction of sp³-hybridized carbons (Fsp3) is 0.523. The highest BCUT2D eigenvalue weighted by Crippen LogP contribution is 2.35. The van der Waals surface area contributed by atoms with Gasteiger partial charge in [-0.15, -0.1) is 11.8 Å². The summed E-state index contributed by atoms with van der Waals surface area (Å²) in [6.45, 7) is 1.45. The second kappa shape index (κ2) is 23.1. The van der Waals surface area contributed by atoms with E-state index in [2.05, 4.69) is 47.5 Å². The Labute approximate surface area is 404 Å². The SMILES string of the molecule is CCC(C)C1NC(=O)CNC(=O)C2NC(=O)C([C@@H](C)C(O)CO)NC(=O)C3C[C@@H](O)CN3C(=O)C(CC(=O)NCCN3C(=O)C=CC3=O)NC(=O)[C@@H](CSc3[nH]c4ccccc4c32)NC(=O)CNC1=O. The number of rotatable bonds is 10. The summed E-state index contributed by atoms with van der Waals surface area (Å²) in [7, 11) is 0. The molecular formula is C44H57N11O14S. The van der Waals surface area contributed by atoms with Crippen molar-refractivity contribution in [2.24, 2.45) is 11.8 Å². The van der Waals surface area contributed by atoms with Crippen molar-refractivity contribution < 1.29 is 68.1 Å². The Kier molecular flexibility index (Phi) is 17.3. The van der Waals surface area contributed by atoms with E-state index in [0.29, 0.717) is 17.3 Å². The van der Waals surface area contributed by atoms with Crippen molar-refractivity contribution in [1.29, 1.82) is 0 Å². The van der Waals surface area contributed by atoms with E-state index < -0.39 is 164 Å². The number of aliphatic hydroxyl groups excluding tert-OH is 3. The van der Waals surface area contributed by atoms with Gasteiger partial charge >= 0.3 is 0 Å². The highest BCUT2D eigenvalue weighted by atomic mass is 32.2. The van der Waals surface area contributed by atoms with E-state index in [9.17, 15) is 68.1 Å². The molecule has 70 heavy (non-hydrogen) atoms. The fourth-order valence-electron chi connectivity index (χ4n) is 8.38. The molecule has 25 nitrogen and oxygen atoms in total. The van der Waals surface area contributed by atoms with Crippen LogP contribution in [0.3, 0.4) is 0 Å². The molecule has 0 saturated carbocycles. The number of para-hydroxylation sites is 1. The van der Waals surface area contributed by atoms with Crippen LogP contribution in [0.5, 0.6) is 0 Å². The molecule has 0 radical (unpaired) electrons. The summed E-state index contributed by atoms with van der Waals surface area (Å²) in [5, 5.41) is 52.5. The number of fused-ring (bicyclic) bond motifs is 4. The van der Waals surface area contributed by atoms with Gasteiger partial charge in [0.1, 0.15) is 36.3 Å². The normalized spacial score (nSPS) is 26.8. The first kappa shape index (κ1) is 52.5. The van der Waals surface area contributed by atoms with Crippen molar-refractivity contribution in [3.63, 3.8) is 0 Å². The minimum absolute atomic E-state index is 0.101. The van der Waals surface area contributed by atoms with Gasteiger partial charge in [0, 0.05) is 66.3 Å². The average molecular weight is 996 g/mol. The maximum atomic E-state index is 14.7. The highest BCUT2D eigenvalue weighted by Gasteiger charge is 2.45. The van der Waals surface area contributed by atoms with Crippen LogP contribution in [-0.4, -0.2) is 183 Å². The average Bonchev–Trinajstić information content (AvgIpc) is 4.02. The zero-order valence-corrected chi connectivity index (χ0v) is 39.3. The van der Waals surface area contributed by atoms with Crippen LogP contribution in [0, 0.1) is 11.8 Å². The second-order valence-electron chi connectivity index (χ2n) is 17.4. The van der Waals surface area contributed by atoms with Crippen molar-refractivity contribution in [3.8, 4) is 0 Å². The van der Waals surface area contributed by atoms with E-state index in [4.69, 9.17) is 0 Å². The number of hydrogen-bond acceptors (Lipinski definition) is 15. The zero-order chi connectivity index (χ0) is 51.0. The Hall–Kier alpha value is -6.90. The van der Waals surface area contributed by atoms with Crippen molar-refractivity contribution in [2.75, 3.05) is 45.1 Å². The number of amides is 11. The number of aliphatic hydroxyl groups is 3. The van der Waals surface area contributed by atoms with Crippen molar-refractivity contribution in [1.82, 2.24) is 57.3 Å². The van der Waals surface area contributed by atoms with Gasteiger partial charge in [-0.2, -0.15) is 0 Å². The van der Waals surface area contributed by atoms with Crippen LogP contribution < -0.4 is 42.5 Å². The van der Waals surface area contributed by atoms with E-state index in [1.807, 2.05) is 0 Å². The Morgan fingerprint density at radius 3 is 2.19 bits per heavy atom. The first-order valence-corrected chi connectivity index (χ1v) is 23.7. The fourth-order valence-corrected chi connectivity index (χ4v) is 9.51. The number of carbonyl (C=O) groups is 11. The standard InChI is InChI=1S/C44H57N11O14S/c1-4-20(2)35-40(66)46-15-30(60)48-26-19-70-43-34(23-7-5-6-8-24(23)50-43)37(41(67)47-16-31(61)51-35)53-42(68)36(21(3)28(58)18-56)52-39(65)27-13-22(57)17-55(27)44(69)25(49-38(26)64)14-29(59)45-11-12-54-32(62)9-10-33(54)63/h5-10,20-22,25-28,35-37,50,56-58H,4,11-19H2,1-3H3,(H,45,59)(H,46,66)(H,47,67)(H,48,60)(H,49,64)(H,51,61)(H,52,65)(H,53,68)/t20?,21-,22+,25?,26+,27?,28?,35?,36?,37?/m0/s1. The number of H-pyrrole nitrogens is 1.